The Labute approximate surface area is 134 Å². The van der Waals surface area contributed by atoms with E-state index in [2.05, 4.69) is 11.9 Å². The Hall–Kier alpha value is -0.640. The summed E-state index contributed by atoms with van der Waals surface area (Å²) in [5.74, 6) is 0. The first-order chi connectivity index (χ1) is 9.70. The van der Waals surface area contributed by atoms with Crippen molar-refractivity contribution >= 4 is 29.0 Å². The zero-order chi connectivity index (χ0) is 15.5. The molecule has 0 bridgehead atoms. The predicted molar refractivity (Wildman–Crippen MR) is 86.0 cm³/mol. The lowest BCUT2D eigenvalue weighted by molar-refractivity contribution is -0.0275. The van der Waals surface area contributed by atoms with Gasteiger partial charge in [0.05, 0.1) is 12.7 Å². The monoisotopic (exact) mass is 398 g/mol. The summed E-state index contributed by atoms with van der Waals surface area (Å²) in [7, 11) is 1.00. The van der Waals surface area contributed by atoms with Crippen LogP contribution >= 0.6 is 23.0 Å². The number of ether oxygens (including phenoxy) is 1. The van der Waals surface area contributed by atoms with Gasteiger partial charge in [-0.05, 0) is 18.9 Å². The maximum absolute atomic E-state index is 11.6. The van der Waals surface area contributed by atoms with Gasteiger partial charge in [0, 0.05) is 19.0 Å². The molecular formula is C13H23IN2O4. The Kier molecular flexibility index (Phi) is 10.7. The summed E-state index contributed by atoms with van der Waals surface area (Å²) >= 11 is 1.85. The Morgan fingerprint density at radius 3 is 2.75 bits per heavy atom. The number of aliphatic hydroxyl groups excluding tert-OH is 1. The second-order valence-corrected chi connectivity index (χ2v) is 4.37. The number of halogens is 1. The third-order valence-electron chi connectivity index (χ3n) is 2.58. The molecule has 2 aliphatic heterocycles. The van der Waals surface area contributed by atoms with Crippen LogP contribution in [-0.4, -0.2) is 42.1 Å². The van der Waals surface area contributed by atoms with Gasteiger partial charge in [0.15, 0.2) is 0 Å². The maximum atomic E-state index is 11.6. The van der Waals surface area contributed by atoms with Gasteiger partial charge in [0.1, 0.15) is 29.2 Å². The fourth-order valence-electron chi connectivity index (χ4n) is 1.79. The van der Waals surface area contributed by atoms with Gasteiger partial charge in [-0.15, -0.1) is 0 Å². The average molecular weight is 398 g/mol. The molecular weight excluding hydrogens is 375 g/mol. The molecule has 2 N–H and O–H groups in total. The van der Waals surface area contributed by atoms with Crippen molar-refractivity contribution in [3.8, 4) is 0 Å². The highest BCUT2D eigenvalue weighted by Gasteiger charge is 2.32. The van der Waals surface area contributed by atoms with Crippen LogP contribution in [0.5, 0.6) is 0 Å². The van der Waals surface area contributed by atoms with E-state index in [4.69, 9.17) is 12.9 Å². The van der Waals surface area contributed by atoms with Crippen LogP contribution in [0, 0.1) is 0 Å². The van der Waals surface area contributed by atoms with Crippen molar-refractivity contribution in [2.45, 2.75) is 39.0 Å². The molecule has 6 nitrogen and oxygen atoms in total. The first kappa shape index (κ1) is 19.4. The second kappa shape index (κ2) is 11.1. The standard InChI is InChI=1S/C10H13IN2O3.C2H6.CH4O/c1-7-4-5-13(10(14)12-7)9-3-2-8(16-9)6-15-11;2*1-2/h4-5,8-9H,1-3,6H2,(H,12,14);1-2H3;2H,1H3. The van der Waals surface area contributed by atoms with Gasteiger partial charge >= 0.3 is 6.03 Å². The lowest BCUT2D eigenvalue weighted by Gasteiger charge is -2.28. The Morgan fingerprint density at radius 2 is 2.20 bits per heavy atom. The molecule has 0 aromatic carbocycles. The number of carbonyl (C=O) groups is 1. The number of nitrogens with one attached hydrogen (secondary N) is 1. The molecule has 0 saturated carbocycles. The van der Waals surface area contributed by atoms with Crippen molar-refractivity contribution in [1.82, 2.24) is 10.2 Å². The molecule has 1 saturated heterocycles. The summed E-state index contributed by atoms with van der Waals surface area (Å²) in [6.45, 7) is 8.22. The van der Waals surface area contributed by atoms with Crippen LogP contribution in [0.2, 0.25) is 0 Å². The van der Waals surface area contributed by atoms with Crippen molar-refractivity contribution in [3.05, 3.63) is 24.6 Å². The van der Waals surface area contributed by atoms with Crippen molar-refractivity contribution in [2.75, 3.05) is 13.7 Å². The van der Waals surface area contributed by atoms with Gasteiger partial charge in [-0.3, -0.25) is 4.90 Å². The minimum atomic E-state index is -0.194. The molecule has 116 valence electrons. The number of hydrogen-bond donors (Lipinski definition) is 2. The second-order valence-electron chi connectivity index (χ2n) is 3.74. The zero-order valence-electron chi connectivity index (χ0n) is 12.1. The van der Waals surface area contributed by atoms with Crippen molar-refractivity contribution in [2.24, 2.45) is 0 Å². The summed E-state index contributed by atoms with van der Waals surface area (Å²) < 4.78 is 10.7. The van der Waals surface area contributed by atoms with E-state index >= 15 is 0 Å². The zero-order valence-corrected chi connectivity index (χ0v) is 14.3. The van der Waals surface area contributed by atoms with E-state index in [0.29, 0.717) is 12.3 Å². The van der Waals surface area contributed by atoms with Gasteiger partial charge in [-0.1, -0.05) is 20.4 Å². The molecule has 1 fully saturated rings. The minimum Gasteiger partial charge on any atom is -0.400 e. The number of nitrogens with zero attached hydrogens (tertiary/aromatic N) is 1. The summed E-state index contributed by atoms with van der Waals surface area (Å²) in [5.41, 5.74) is 0.603. The molecule has 2 atom stereocenters. The van der Waals surface area contributed by atoms with E-state index in [1.165, 1.54) is 0 Å². The van der Waals surface area contributed by atoms with E-state index in [1.807, 2.05) is 36.9 Å². The lowest BCUT2D eigenvalue weighted by atomic mass is 10.2. The van der Waals surface area contributed by atoms with Gasteiger partial charge in [-0.25, -0.2) is 4.79 Å². The Balaban J connectivity index is 0.000000829. The lowest BCUT2D eigenvalue weighted by Crippen LogP contribution is -2.44. The number of urea groups is 1. The van der Waals surface area contributed by atoms with Crippen molar-refractivity contribution in [3.63, 3.8) is 0 Å². The van der Waals surface area contributed by atoms with Gasteiger partial charge < -0.3 is 18.2 Å². The largest absolute Gasteiger partial charge is 0.400 e. The molecule has 2 unspecified atom stereocenters. The smallest absolute Gasteiger partial charge is 0.327 e. The molecule has 0 spiro atoms. The van der Waals surface area contributed by atoms with Crippen LogP contribution in [0.15, 0.2) is 24.6 Å². The molecule has 2 heterocycles. The number of amides is 2. The maximum Gasteiger partial charge on any atom is 0.327 e. The summed E-state index contributed by atoms with van der Waals surface area (Å²) in [5, 5.41) is 9.65. The molecule has 7 heteroatoms. The van der Waals surface area contributed by atoms with Crippen molar-refractivity contribution in [1.29, 1.82) is 0 Å². The summed E-state index contributed by atoms with van der Waals surface area (Å²) in [6.07, 6.45) is 5.09. The number of carbonyl (C=O) groups excluding carboxylic acids is 1. The molecule has 0 aliphatic carbocycles. The molecule has 2 rings (SSSR count). The first-order valence-electron chi connectivity index (χ1n) is 6.51. The molecule has 0 aromatic rings. The van der Waals surface area contributed by atoms with Gasteiger partial charge in [0.2, 0.25) is 0 Å². The van der Waals surface area contributed by atoms with E-state index in [-0.39, 0.29) is 18.4 Å². The van der Waals surface area contributed by atoms with E-state index < -0.39 is 0 Å². The topological polar surface area (TPSA) is 71.0 Å². The molecule has 2 aliphatic rings. The summed E-state index contributed by atoms with van der Waals surface area (Å²) in [6, 6.07) is -0.187. The fourth-order valence-corrected chi connectivity index (χ4v) is 2.19. The van der Waals surface area contributed by atoms with Crippen LogP contribution in [0.4, 0.5) is 4.79 Å². The van der Waals surface area contributed by atoms with Gasteiger partial charge in [0.25, 0.3) is 0 Å². The Bertz CT molecular complexity index is 336. The minimum absolute atomic E-state index is 0.0771. The van der Waals surface area contributed by atoms with Crippen LogP contribution in [-0.2, 0) is 7.80 Å². The predicted octanol–water partition coefficient (Wildman–Crippen LogP) is 2.55. The van der Waals surface area contributed by atoms with E-state index in [9.17, 15) is 4.79 Å². The van der Waals surface area contributed by atoms with Crippen LogP contribution < -0.4 is 5.32 Å². The van der Waals surface area contributed by atoms with E-state index in [1.54, 1.807) is 17.2 Å². The highest BCUT2D eigenvalue weighted by Crippen LogP contribution is 2.25. The number of allylic oxidation sites excluding steroid dienone is 1. The quantitative estimate of drug-likeness (QED) is 0.717. The highest BCUT2D eigenvalue weighted by atomic mass is 127. The molecule has 2 amide bonds. The third kappa shape index (κ3) is 5.78. The Morgan fingerprint density at radius 1 is 1.55 bits per heavy atom. The van der Waals surface area contributed by atoms with Crippen molar-refractivity contribution < 1.29 is 17.7 Å². The third-order valence-corrected chi connectivity index (χ3v) is 2.94. The van der Waals surface area contributed by atoms with Crippen LogP contribution in [0.1, 0.15) is 26.7 Å². The van der Waals surface area contributed by atoms with E-state index in [0.717, 1.165) is 20.0 Å². The fraction of sp³-hybridized carbons (Fsp3) is 0.615. The van der Waals surface area contributed by atoms with Gasteiger partial charge in [-0.2, -0.15) is 0 Å². The number of rotatable bonds is 3. The van der Waals surface area contributed by atoms with Crippen LogP contribution in [0.25, 0.3) is 0 Å². The normalized spacial score (nSPS) is 24.4. The molecule has 0 aromatic heterocycles. The molecule has 0 radical (unpaired) electrons. The SMILES string of the molecule is C=C1C=CN(C2CCC(COI)O2)C(=O)N1.CC.CO. The molecule has 20 heavy (non-hydrogen) atoms. The number of hydrogen-bond acceptors (Lipinski definition) is 4. The highest BCUT2D eigenvalue weighted by molar-refractivity contribution is 14.1. The van der Waals surface area contributed by atoms with Crippen LogP contribution in [0.3, 0.4) is 0 Å². The number of aliphatic hydroxyl groups is 1. The summed E-state index contributed by atoms with van der Waals surface area (Å²) in [4.78, 5) is 13.2. The first-order valence-corrected chi connectivity index (χ1v) is 7.39. The average Bonchev–Trinajstić information content (AvgIpc) is 2.92.